The first-order valence-corrected chi connectivity index (χ1v) is 9.21. The third-order valence-corrected chi connectivity index (χ3v) is 6.74. The Kier molecular flexibility index (Phi) is 4.18. The summed E-state index contributed by atoms with van der Waals surface area (Å²) in [7, 11) is 0.0966. The monoisotopic (exact) mass is 324 g/mol. The van der Waals surface area contributed by atoms with E-state index in [4.69, 9.17) is 4.74 Å². The van der Waals surface area contributed by atoms with Crippen LogP contribution >= 0.6 is 0 Å². The number of nitrogens with zero attached hydrogens (tertiary/aromatic N) is 2. The summed E-state index contributed by atoms with van der Waals surface area (Å²) in [5, 5.41) is 0. The maximum atomic E-state index is 13.1. The van der Waals surface area contributed by atoms with Gasteiger partial charge in [0, 0.05) is 25.7 Å². The smallest absolute Gasteiger partial charge is 0.246 e. The lowest BCUT2D eigenvalue weighted by atomic mass is 9.96. The first-order valence-electron chi connectivity index (χ1n) is 7.77. The van der Waals surface area contributed by atoms with Crippen LogP contribution in [0.4, 0.5) is 0 Å². The van der Waals surface area contributed by atoms with Gasteiger partial charge in [0.15, 0.2) is 0 Å². The zero-order valence-electron chi connectivity index (χ0n) is 13.4. The van der Waals surface area contributed by atoms with Crippen molar-refractivity contribution in [3.63, 3.8) is 0 Å². The van der Waals surface area contributed by atoms with Gasteiger partial charge in [-0.15, -0.1) is 0 Å². The van der Waals surface area contributed by atoms with Crippen molar-refractivity contribution in [2.24, 2.45) is 5.92 Å². The quantitative estimate of drug-likeness (QED) is 0.849. The van der Waals surface area contributed by atoms with E-state index >= 15 is 0 Å². The number of likely N-dealkylation sites (N-methyl/N-ethyl adjacent to an activating group) is 1. The third-order valence-electron chi connectivity index (χ3n) is 4.89. The summed E-state index contributed by atoms with van der Waals surface area (Å²) in [6, 6.07) is 5.65. The highest BCUT2D eigenvalue weighted by molar-refractivity contribution is 7.89. The van der Waals surface area contributed by atoms with E-state index in [-0.39, 0.29) is 0 Å². The van der Waals surface area contributed by atoms with Crippen LogP contribution in [0, 0.1) is 12.8 Å². The van der Waals surface area contributed by atoms with E-state index in [1.165, 1.54) is 7.11 Å². The van der Waals surface area contributed by atoms with Crippen LogP contribution in [0.2, 0.25) is 0 Å². The lowest BCUT2D eigenvalue weighted by Gasteiger charge is -2.32. The molecule has 3 aliphatic heterocycles. The lowest BCUT2D eigenvalue weighted by Crippen LogP contribution is -2.41. The Bertz CT molecular complexity index is 659. The Morgan fingerprint density at radius 3 is 2.64 bits per heavy atom. The van der Waals surface area contributed by atoms with Crippen LogP contribution in [-0.4, -0.2) is 57.5 Å². The average Bonchev–Trinajstić information content (AvgIpc) is 2.79. The summed E-state index contributed by atoms with van der Waals surface area (Å²) in [5.74, 6) is 0.852. The van der Waals surface area contributed by atoms with Gasteiger partial charge in [-0.1, -0.05) is 6.07 Å². The SMILES string of the molecule is COc1ccc(C)cc1S(=O)(=O)N1C[C@@H]2CC[C@H](C1)N(C)C2. The number of methoxy groups -OCH3 is 1. The molecule has 122 valence electrons. The van der Waals surface area contributed by atoms with Gasteiger partial charge in [0.2, 0.25) is 10.0 Å². The maximum Gasteiger partial charge on any atom is 0.246 e. The highest BCUT2D eigenvalue weighted by Gasteiger charge is 2.39. The number of benzene rings is 1. The van der Waals surface area contributed by atoms with E-state index in [9.17, 15) is 8.42 Å². The Morgan fingerprint density at radius 2 is 1.95 bits per heavy atom. The van der Waals surface area contributed by atoms with E-state index in [2.05, 4.69) is 11.9 Å². The number of fused-ring (bicyclic) bond motifs is 4. The summed E-state index contributed by atoms with van der Waals surface area (Å²) in [4.78, 5) is 2.59. The first kappa shape index (κ1) is 15.8. The summed E-state index contributed by atoms with van der Waals surface area (Å²) in [6.45, 7) is 4.08. The van der Waals surface area contributed by atoms with E-state index < -0.39 is 10.0 Å². The van der Waals surface area contributed by atoms with E-state index in [1.807, 2.05) is 13.0 Å². The molecule has 0 amide bonds. The molecule has 6 heteroatoms. The molecule has 3 heterocycles. The van der Waals surface area contributed by atoms with Gasteiger partial charge in [0.25, 0.3) is 0 Å². The molecule has 2 atom stereocenters. The molecule has 0 N–H and O–H groups in total. The van der Waals surface area contributed by atoms with Gasteiger partial charge >= 0.3 is 0 Å². The second-order valence-corrected chi connectivity index (χ2v) is 8.42. The molecule has 0 radical (unpaired) electrons. The zero-order chi connectivity index (χ0) is 15.9. The van der Waals surface area contributed by atoms with Crippen LogP contribution in [0.15, 0.2) is 23.1 Å². The Morgan fingerprint density at radius 1 is 1.18 bits per heavy atom. The topological polar surface area (TPSA) is 49.9 Å². The lowest BCUT2D eigenvalue weighted by molar-refractivity contribution is 0.168. The van der Waals surface area contributed by atoms with Crippen LogP contribution in [-0.2, 0) is 10.0 Å². The van der Waals surface area contributed by atoms with E-state index in [0.717, 1.165) is 24.9 Å². The molecule has 5 nitrogen and oxygen atoms in total. The molecule has 4 rings (SSSR count). The summed E-state index contributed by atoms with van der Waals surface area (Å²) in [6.07, 6.45) is 2.20. The van der Waals surface area contributed by atoms with Crippen LogP contribution < -0.4 is 4.74 Å². The van der Waals surface area contributed by atoms with Gasteiger partial charge in [0.1, 0.15) is 10.6 Å². The summed E-state index contributed by atoms with van der Waals surface area (Å²) < 4.78 is 33.2. The molecule has 0 aromatic heterocycles. The molecule has 0 unspecified atom stereocenters. The number of hydrogen-bond acceptors (Lipinski definition) is 4. The molecule has 1 aromatic carbocycles. The largest absolute Gasteiger partial charge is 0.495 e. The fourth-order valence-electron chi connectivity index (χ4n) is 3.59. The van der Waals surface area contributed by atoms with Gasteiger partial charge in [-0.3, -0.25) is 0 Å². The van der Waals surface area contributed by atoms with Crippen molar-refractivity contribution in [1.29, 1.82) is 0 Å². The molecule has 3 fully saturated rings. The second-order valence-electron chi connectivity index (χ2n) is 6.51. The van der Waals surface area contributed by atoms with Crippen LogP contribution in [0.5, 0.6) is 5.75 Å². The molecular formula is C16H24N2O3S. The van der Waals surface area contributed by atoms with E-state index in [0.29, 0.717) is 35.7 Å². The van der Waals surface area contributed by atoms with Crippen LogP contribution in [0.25, 0.3) is 0 Å². The zero-order valence-corrected chi connectivity index (χ0v) is 14.3. The molecular weight excluding hydrogens is 300 g/mol. The fourth-order valence-corrected chi connectivity index (χ4v) is 5.39. The van der Waals surface area contributed by atoms with Gasteiger partial charge in [0.05, 0.1) is 7.11 Å². The Balaban J connectivity index is 1.98. The normalized spacial score (nSPS) is 26.9. The minimum absolute atomic E-state index is 0.291. The van der Waals surface area contributed by atoms with Crippen molar-refractivity contribution >= 4 is 10.0 Å². The highest BCUT2D eigenvalue weighted by Crippen LogP contribution is 2.33. The van der Waals surface area contributed by atoms with Crippen molar-refractivity contribution < 1.29 is 13.2 Å². The number of hydrogen-bond donors (Lipinski definition) is 0. The maximum absolute atomic E-state index is 13.1. The second kappa shape index (κ2) is 5.83. The number of aryl methyl sites for hydroxylation is 1. The van der Waals surface area contributed by atoms with Crippen molar-refractivity contribution in [1.82, 2.24) is 9.21 Å². The number of sulfonamides is 1. The van der Waals surface area contributed by atoms with Crippen LogP contribution in [0.3, 0.4) is 0 Å². The van der Waals surface area contributed by atoms with Crippen molar-refractivity contribution in [2.45, 2.75) is 30.7 Å². The van der Waals surface area contributed by atoms with Gasteiger partial charge in [-0.2, -0.15) is 4.31 Å². The van der Waals surface area contributed by atoms with Gasteiger partial charge < -0.3 is 9.64 Å². The standard InChI is InChI=1S/C16H24N2O3S/c1-12-4-7-15(21-3)16(8-12)22(19,20)18-10-13-5-6-14(11-18)17(2)9-13/h4,7-8,13-14H,5-6,9-11H2,1-3H3/t13-,14-/m1/s1. The fraction of sp³-hybridized carbons (Fsp3) is 0.625. The highest BCUT2D eigenvalue weighted by atomic mass is 32.2. The van der Waals surface area contributed by atoms with Crippen LogP contribution in [0.1, 0.15) is 18.4 Å². The summed E-state index contributed by atoms with van der Waals surface area (Å²) in [5.41, 5.74) is 0.925. The van der Waals surface area contributed by atoms with Crippen molar-refractivity contribution in [3.8, 4) is 5.75 Å². The molecule has 0 aliphatic carbocycles. The summed E-state index contributed by atoms with van der Waals surface area (Å²) >= 11 is 0. The number of piperidine rings is 1. The van der Waals surface area contributed by atoms with Gasteiger partial charge in [-0.05, 0) is 50.4 Å². The number of rotatable bonds is 3. The Labute approximate surface area is 132 Å². The molecule has 0 spiro atoms. The van der Waals surface area contributed by atoms with Crippen molar-refractivity contribution in [2.75, 3.05) is 33.8 Å². The van der Waals surface area contributed by atoms with E-state index in [1.54, 1.807) is 16.4 Å². The molecule has 1 aromatic rings. The minimum Gasteiger partial charge on any atom is -0.495 e. The van der Waals surface area contributed by atoms with Crippen molar-refractivity contribution in [3.05, 3.63) is 23.8 Å². The molecule has 2 bridgehead atoms. The predicted octanol–water partition coefficient (Wildman–Crippen LogP) is 1.72. The van der Waals surface area contributed by atoms with Gasteiger partial charge in [-0.25, -0.2) is 8.42 Å². The number of ether oxygens (including phenoxy) is 1. The molecule has 22 heavy (non-hydrogen) atoms. The average molecular weight is 324 g/mol. The Hall–Kier alpha value is -1.11. The molecule has 3 aliphatic rings. The molecule has 3 saturated heterocycles. The third kappa shape index (κ3) is 2.75. The predicted molar refractivity (Wildman–Crippen MR) is 85.6 cm³/mol. The molecule has 0 saturated carbocycles. The first-order chi connectivity index (χ1) is 10.4. The minimum atomic E-state index is -3.52.